The van der Waals surface area contributed by atoms with Crippen molar-refractivity contribution in [3.8, 4) is 0 Å². The molecule has 6 heteroatoms. The van der Waals surface area contributed by atoms with Gasteiger partial charge < -0.3 is 9.84 Å². The molecule has 114 valence electrons. The molecule has 0 aliphatic rings. The molecule has 0 saturated carbocycles. The molecule has 0 atom stereocenters. The van der Waals surface area contributed by atoms with Crippen LogP contribution in [0.25, 0.3) is 0 Å². The quantitative estimate of drug-likeness (QED) is 0.814. The molecule has 0 aliphatic heterocycles. The average molecular weight is 292 g/mol. The number of nitrogens with one attached hydrogen (secondary N) is 1. The van der Waals surface area contributed by atoms with Crippen LogP contribution in [-0.4, -0.2) is 27.8 Å². The number of aliphatic carboxylic acids is 1. The van der Waals surface area contributed by atoms with Crippen molar-refractivity contribution >= 4 is 17.7 Å². The van der Waals surface area contributed by atoms with Crippen molar-refractivity contribution < 1.29 is 19.4 Å². The molecule has 1 rings (SSSR count). The topological polar surface area (TPSA) is 88.5 Å². The molecule has 21 heavy (non-hydrogen) atoms. The maximum atomic E-state index is 11.6. The van der Waals surface area contributed by atoms with E-state index in [1.165, 1.54) is 0 Å². The predicted octanol–water partition coefficient (Wildman–Crippen LogP) is 3.00. The number of ether oxygens (including phenoxy) is 1. The lowest BCUT2D eigenvalue weighted by atomic mass is 10.2. The Kier molecular flexibility index (Phi) is 5.90. The molecule has 0 unspecified atom stereocenters. The molecule has 0 aromatic carbocycles. The van der Waals surface area contributed by atoms with E-state index in [2.05, 4.69) is 10.3 Å². The molecule has 0 saturated heterocycles. The number of aryl methyl sites for hydroxylation is 1. The summed E-state index contributed by atoms with van der Waals surface area (Å²) in [6.45, 7) is 5.37. The Morgan fingerprint density at radius 2 is 2.14 bits per heavy atom. The van der Waals surface area contributed by atoms with Crippen LogP contribution in [0.2, 0.25) is 0 Å². The van der Waals surface area contributed by atoms with Crippen molar-refractivity contribution in [3.05, 3.63) is 36.2 Å². The van der Waals surface area contributed by atoms with Crippen molar-refractivity contribution in [3.63, 3.8) is 0 Å². The van der Waals surface area contributed by atoms with Crippen LogP contribution in [-0.2, 0) is 16.0 Å². The van der Waals surface area contributed by atoms with Crippen molar-refractivity contribution in [1.29, 1.82) is 0 Å². The number of pyridine rings is 1. The lowest BCUT2D eigenvalue weighted by Gasteiger charge is -2.19. The number of nitrogens with zero attached hydrogens (tertiary/aromatic N) is 1. The van der Waals surface area contributed by atoms with E-state index in [-0.39, 0.29) is 0 Å². The zero-order valence-electron chi connectivity index (χ0n) is 12.4. The number of hydrogen-bond acceptors (Lipinski definition) is 4. The van der Waals surface area contributed by atoms with Gasteiger partial charge in [0.1, 0.15) is 5.60 Å². The summed E-state index contributed by atoms with van der Waals surface area (Å²) in [6.07, 6.45) is 4.89. The minimum absolute atomic E-state index is 0.523. The molecule has 0 bridgehead atoms. The summed E-state index contributed by atoms with van der Waals surface area (Å²) in [5.74, 6) is -0.969. The number of carbonyl (C=O) groups is 2. The van der Waals surface area contributed by atoms with Crippen LogP contribution < -0.4 is 5.32 Å². The van der Waals surface area contributed by atoms with E-state index in [0.717, 1.165) is 11.8 Å². The fourth-order valence-electron chi connectivity index (χ4n) is 1.53. The number of carboxylic acids is 1. The van der Waals surface area contributed by atoms with E-state index in [4.69, 9.17) is 9.84 Å². The number of rotatable bonds is 5. The molecule has 0 spiro atoms. The Morgan fingerprint density at radius 3 is 2.76 bits per heavy atom. The molecule has 1 aromatic rings. The Bertz CT molecular complexity index is 533. The van der Waals surface area contributed by atoms with E-state index < -0.39 is 17.7 Å². The van der Waals surface area contributed by atoms with Crippen LogP contribution in [0.3, 0.4) is 0 Å². The van der Waals surface area contributed by atoms with Gasteiger partial charge in [0.15, 0.2) is 0 Å². The normalized spacial score (nSPS) is 11.4. The Balaban J connectivity index is 2.56. The molecule has 0 fully saturated rings. The zero-order valence-corrected chi connectivity index (χ0v) is 12.4. The van der Waals surface area contributed by atoms with Gasteiger partial charge in [0.25, 0.3) is 0 Å². The largest absolute Gasteiger partial charge is 0.478 e. The first-order valence-electron chi connectivity index (χ1n) is 6.61. The average Bonchev–Trinajstić information content (AvgIpc) is 2.32. The summed E-state index contributed by atoms with van der Waals surface area (Å²) in [5.41, 5.74) is 0.803. The zero-order chi connectivity index (χ0) is 15.9. The Morgan fingerprint density at radius 1 is 1.43 bits per heavy atom. The molecule has 1 aromatic heterocycles. The van der Waals surface area contributed by atoms with E-state index in [0.29, 0.717) is 18.5 Å². The Labute approximate surface area is 123 Å². The second-order valence-corrected chi connectivity index (χ2v) is 5.44. The molecular formula is C15H20N2O4. The molecule has 6 nitrogen and oxygen atoms in total. The number of allylic oxidation sites excluding steroid dienone is 1. The number of hydrogen-bond donors (Lipinski definition) is 2. The lowest BCUT2D eigenvalue weighted by Crippen LogP contribution is -2.27. The summed E-state index contributed by atoms with van der Waals surface area (Å²) in [4.78, 5) is 26.1. The van der Waals surface area contributed by atoms with Gasteiger partial charge in [-0.15, -0.1) is 0 Å². The van der Waals surface area contributed by atoms with Gasteiger partial charge >= 0.3 is 12.1 Å². The second-order valence-electron chi connectivity index (χ2n) is 5.44. The summed E-state index contributed by atoms with van der Waals surface area (Å²) >= 11 is 0. The van der Waals surface area contributed by atoms with Gasteiger partial charge in [-0.3, -0.25) is 10.3 Å². The second kappa shape index (κ2) is 7.42. The summed E-state index contributed by atoms with van der Waals surface area (Å²) in [6, 6.07) is 3.40. The van der Waals surface area contributed by atoms with E-state index in [1.807, 2.05) is 0 Å². The third-order valence-corrected chi connectivity index (χ3v) is 2.29. The lowest BCUT2D eigenvalue weighted by molar-refractivity contribution is -0.131. The van der Waals surface area contributed by atoms with Crippen LogP contribution in [0, 0.1) is 0 Å². The third-order valence-electron chi connectivity index (χ3n) is 2.29. The van der Waals surface area contributed by atoms with Gasteiger partial charge in [-0.25, -0.2) is 9.59 Å². The molecule has 0 radical (unpaired) electrons. The fourth-order valence-corrected chi connectivity index (χ4v) is 1.53. The van der Waals surface area contributed by atoms with E-state index >= 15 is 0 Å². The highest BCUT2D eigenvalue weighted by Crippen LogP contribution is 2.13. The maximum absolute atomic E-state index is 11.6. The highest BCUT2D eigenvalue weighted by molar-refractivity contribution is 5.84. The SMILES string of the molecule is CC(C)(C)OC(=O)Nc1ccnc(CCC=CC(=O)O)c1. The van der Waals surface area contributed by atoms with Crippen LogP contribution >= 0.6 is 0 Å². The van der Waals surface area contributed by atoms with Crippen LogP contribution in [0.4, 0.5) is 10.5 Å². The predicted molar refractivity (Wildman–Crippen MR) is 79.2 cm³/mol. The first-order chi connectivity index (χ1) is 9.76. The van der Waals surface area contributed by atoms with Gasteiger partial charge in [0.05, 0.1) is 0 Å². The number of anilines is 1. The van der Waals surface area contributed by atoms with Gasteiger partial charge in [0, 0.05) is 23.7 Å². The maximum Gasteiger partial charge on any atom is 0.412 e. The number of carbonyl (C=O) groups excluding carboxylic acids is 1. The smallest absolute Gasteiger partial charge is 0.412 e. The molecule has 1 amide bonds. The van der Waals surface area contributed by atoms with Crippen molar-refractivity contribution in [2.24, 2.45) is 0 Å². The van der Waals surface area contributed by atoms with E-state index in [1.54, 1.807) is 45.2 Å². The first kappa shape index (κ1) is 16.7. The summed E-state index contributed by atoms with van der Waals surface area (Å²) in [5, 5.41) is 11.1. The van der Waals surface area contributed by atoms with Crippen molar-refractivity contribution in [2.45, 2.75) is 39.2 Å². The monoisotopic (exact) mass is 292 g/mol. The molecular weight excluding hydrogens is 272 g/mol. The van der Waals surface area contributed by atoms with Crippen LogP contribution in [0.15, 0.2) is 30.5 Å². The highest BCUT2D eigenvalue weighted by atomic mass is 16.6. The number of aromatic nitrogens is 1. The van der Waals surface area contributed by atoms with E-state index in [9.17, 15) is 9.59 Å². The molecule has 0 aliphatic carbocycles. The minimum Gasteiger partial charge on any atom is -0.478 e. The van der Waals surface area contributed by atoms with Gasteiger partial charge in [0.2, 0.25) is 0 Å². The Hall–Kier alpha value is -2.37. The van der Waals surface area contributed by atoms with Gasteiger partial charge in [-0.1, -0.05) is 6.08 Å². The van der Waals surface area contributed by atoms with Gasteiger partial charge in [-0.05, 0) is 45.7 Å². The van der Waals surface area contributed by atoms with Crippen LogP contribution in [0.1, 0.15) is 32.9 Å². The summed E-state index contributed by atoms with van der Waals surface area (Å²) in [7, 11) is 0. The van der Waals surface area contributed by atoms with Crippen LogP contribution in [0.5, 0.6) is 0 Å². The van der Waals surface area contributed by atoms with Crippen molar-refractivity contribution in [1.82, 2.24) is 4.98 Å². The molecule has 2 N–H and O–H groups in total. The first-order valence-corrected chi connectivity index (χ1v) is 6.61. The summed E-state index contributed by atoms with van der Waals surface area (Å²) < 4.78 is 5.16. The highest BCUT2D eigenvalue weighted by Gasteiger charge is 2.16. The number of amides is 1. The fraction of sp³-hybridized carbons (Fsp3) is 0.400. The van der Waals surface area contributed by atoms with Crippen molar-refractivity contribution in [2.75, 3.05) is 5.32 Å². The van der Waals surface area contributed by atoms with Gasteiger partial charge in [-0.2, -0.15) is 0 Å². The standard InChI is InChI=1S/C15H20N2O4/c1-15(2,3)21-14(20)17-12-8-9-16-11(10-12)6-4-5-7-13(18)19/h5,7-10H,4,6H2,1-3H3,(H,18,19)(H,16,17,20). The third kappa shape index (κ3) is 7.71. The molecule has 1 heterocycles. The number of carboxylic acid groups (broad SMARTS) is 1. The minimum atomic E-state index is -0.969.